The number of nitrogens with zero attached hydrogens (tertiary/aromatic N) is 8. The largest absolute Gasteiger partial charge is 1.00 e. The Bertz CT molecular complexity index is 3440. The van der Waals surface area contributed by atoms with Crippen LogP contribution in [-0.2, 0) is 40.5 Å². The van der Waals surface area contributed by atoms with Crippen molar-refractivity contribution in [2.75, 3.05) is 0 Å². The zero-order valence-electron chi connectivity index (χ0n) is 36.2. The fourth-order valence-corrected chi connectivity index (χ4v) is 7.69. The van der Waals surface area contributed by atoms with Crippen molar-refractivity contribution in [2.24, 2.45) is 25.6 Å². The molecular formula is C38H24N8Na4O15S4. The molecule has 31 heteroatoms. The van der Waals surface area contributed by atoms with Crippen LogP contribution in [0.5, 0.6) is 0 Å². The fourth-order valence-electron chi connectivity index (χ4n) is 5.38. The maximum atomic E-state index is 12.8. The summed E-state index contributed by atoms with van der Waals surface area (Å²) in [5.74, 6) is 0. The van der Waals surface area contributed by atoms with Crippen molar-refractivity contribution in [3.63, 3.8) is 0 Å². The predicted octanol–water partition coefficient (Wildman–Crippen LogP) is -4.32. The molecule has 0 heterocycles. The Hall–Kier alpha value is -3.50. The molecule has 0 radical (unpaired) electrons. The summed E-state index contributed by atoms with van der Waals surface area (Å²) < 4.78 is 140. The molecular weight excluding hydrogens is 1030 g/mol. The van der Waals surface area contributed by atoms with Gasteiger partial charge in [0.15, 0.2) is 0 Å². The fraction of sp³-hybridized carbons (Fsp3) is 0. The SMILES string of the molecule is O=S(=O)([O-])c1ccc([N+]([O-])=Nc2ccc(N=Nc3ccc(/C=C/c4ccc(N=[N+]([O-])c5ccc(N=[N+]([O-])c6ccc(S(=O)(=O)[O-])cc6)cc5)cc4S(=O)(=O)[O-])c(S(=O)(=O)[O-])c3)cc2)cc1.[Na+].[Na+].[Na+].[Na+]. The van der Waals surface area contributed by atoms with Crippen LogP contribution in [0.2, 0.25) is 0 Å². The van der Waals surface area contributed by atoms with Crippen LogP contribution in [0.1, 0.15) is 11.1 Å². The van der Waals surface area contributed by atoms with E-state index in [1.807, 2.05) is 0 Å². The number of hydrogen-bond donors (Lipinski definition) is 0. The smallest absolute Gasteiger partial charge is 0.744 e. The van der Waals surface area contributed by atoms with Gasteiger partial charge in [0.2, 0.25) is 17.1 Å². The summed E-state index contributed by atoms with van der Waals surface area (Å²) in [6.07, 6.45) is 2.09. The molecule has 0 N–H and O–H groups in total. The second kappa shape index (κ2) is 25.7. The molecule has 0 aliphatic rings. The quantitative estimate of drug-likeness (QED) is 0.0249. The molecule has 0 amide bonds. The van der Waals surface area contributed by atoms with Gasteiger partial charge in [-0.3, -0.25) is 0 Å². The van der Waals surface area contributed by atoms with Gasteiger partial charge in [-0.2, -0.15) is 10.2 Å². The van der Waals surface area contributed by atoms with E-state index >= 15 is 0 Å². The molecule has 0 bridgehead atoms. The molecule has 6 aromatic rings. The van der Waals surface area contributed by atoms with Crippen molar-refractivity contribution in [1.82, 2.24) is 0 Å². The van der Waals surface area contributed by atoms with Crippen molar-refractivity contribution in [2.45, 2.75) is 19.6 Å². The van der Waals surface area contributed by atoms with Crippen LogP contribution in [0.4, 0.5) is 45.5 Å². The maximum absolute atomic E-state index is 12.8. The third kappa shape index (κ3) is 17.4. The van der Waals surface area contributed by atoms with Crippen molar-refractivity contribution in [1.29, 1.82) is 0 Å². The maximum Gasteiger partial charge on any atom is 1.00 e. The van der Waals surface area contributed by atoms with Crippen LogP contribution < -0.4 is 118 Å². The Kier molecular flexibility index (Phi) is 23.0. The van der Waals surface area contributed by atoms with E-state index < -0.39 is 60.1 Å². The molecule has 6 rings (SSSR count). The summed E-state index contributed by atoms with van der Waals surface area (Å²) in [6.45, 7) is 0. The average molecular weight is 1050 g/mol. The zero-order chi connectivity index (χ0) is 47.3. The minimum atomic E-state index is -5.25. The molecule has 0 aromatic heterocycles. The van der Waals surface area contributed by atoms with Gasteiger partial charge in [-0.25, -0.2) is 33.7 Å². The van der Waals surface area contributed by atoms with E-state index in [1.165, 1.54) is 66.7 Å². The Morgan fingerprint density at radius 3 is 0.986 bits per heavy atom. The molecule has 0 unspecified atom stereocenters. The molecule has 0 atom stereocenters. The first kappa shape index (κ1) is 61.6. The normalized spacial score (nSPS) is 12.7. The van der Waals surface area contributed by atoms with Gasteiger partial charge >= 0.3 is 118 Å². The van der Waals surface area contributed by atoms with Gasteiger partial charge in [0.05, 0.1) is 31.0 Å². The number of azo groups is 4. The van der Waals surface area contributed by atoms with Gasteiger partial charge in [-0.05, 0) is 96.1 Å². The minimum absolute atomic E-state index is 0. The molecule has 0 aliphatic carbocycles. The monoisotopic (exact) mass is 1050 g/mol. The van der Waals surface area contributed by atoms with E-state index in [0.29, 0.717) is 0 Å². The first-order chi connectivity index (χ1) is 30.4. The topological polar surface area (TPSA) is 369 Å². The molecule has 0 saturated heterocycles. The first-order valence-corrected chi connectivity index (χ1v) is 23.3. The summed E-state index contributed by atoms with van der Waals surface area (Å²) in [5, 5.41) is 56.9. The first-order valence-electron chi connectivity index (χ1n) is 17.6. The van der Waals surface area contributed by atoms with E-state index in [-0.39, 0.29) is 189 Å². The average Bonchev–Trinajstić information content (AvgIpc) is 3.25. The van der Waals surface area contributed by atoms with Gasteiger partial charge in [-0.1, -0.05) is 38.9 Å². The van der Waals surface area contributed by atoms with E-state index in [9.17, 15) is 67.5 Å². The van der Waals surface area contributed by atoms with Crippen LogP contribution in [0.25, 0.3) is 12.2 Å². The minimum Gasteiger partial charge on any atom is -0.744 e. The Morgan fingerprint density at radius 2 is 0.623 bits per heavy atom. The third-order valence-corrected chi connectivity index (χ3v) is 12.0. The van der Waals surface area contributed by atoms with Gasteiger partial charge in [0, 0.05) is 51.7 Å². The molecule has 334 valence electrons. The molecule has 6 aromatic carbocycles. The summed E-state index contributed by atoms with van der Waals surface area (Å²) >= 11 is 0. The van der Waals surface area contributed by atoms with Crippen molar-refractivity contribution in [3.8, 4) is 0 Å². The zero-order valence-corrected chi connectivity index (χ0v) is 47.5. The number of hydrogen-bond acceptors (Lipinski definition) is 20. The second-order valence-corrected chi connectivity index (χ2v) is 18.4. The molecule has 0 saturated carbocycles. The summed E-state index contributed by atoms with van der Waals surface area (Å²) in [6, 6.07) is 24.9. The van der Waals surface area contributed by atoms with Crippen LogP contribution in [0.15, 0.2) is 179 Å². The standard InChI is InChI=1S/C38H28N8O15S4.4Na/c47-44(33-15-19-35(20-16-33)62(50,51)52)41-28-9-7-27(8-10-28)39-40-30-5-3-25(37(23-30)64(56,57)58)1-2-26-4-6-31(24-38(26)65(59,60)61)43-46(49)32-13-11-29(12-14-32)42-45(48)34-17-21-36(22-18-34)63(53,54)55;;;;/h1-24H,(H,50,51,52)(H,53,54,55)(H,56,57,58)(H,59,60,61);;;;/q;4*+1/p-4/b2-1+,40-39?,44-41?,45-42?,46-43?;;;;. The van der Waals surface area contributed by atoms with E-state index in [0.717, 1.165) is 78.9 Å². The summed E-state index contributed by atoms with van der Waals surface area (Å²) in [4.78, 5) is -2.33. The van der Waals surface area contributed by atoms with Crippen LogP contribution >= 0.6 is 0 Å². The van der Waals surface area contributed by atoms with Gasteiger partial charge in [0.1, 0.15) is 57.5 Å². The van der Waals surface area contributed by atoms with E-state index in [2.05, 4.69) is 25.6 Å². The van der Waals surface area contributed by atoms with Crippen LogP contribution in [0.3, 0.4) is 0 Å². The molecule has 0 fully saturated rings. The third-order valence-electron chi connectivity index (χ3n) is 8.49. The van der Waals surface area contributed by atoms with Crippen molar-refractivity contribution in [3.05, 3.63) is 160 Å². The number of benzene rings is 6. The Labute approximate surface area is 482 Å². The Balaban J connectivity index is 0.00000408. The molecule has 0 aliphatic heterocycles. The van der Waals surface area contributed by atoms with E-state index in [1.54, 1.807) is 0 Å². The molecule has 0 spiro atoms. The Morgan fingerprint density at radius 1 is 0.348 bits per heavy atom. The molecule has 69 heavy (non-hydrogen) atoms. The van der Waals surface area contributed by atoms with Gasteiger partial charge in [0.25, 0.3) is 0 Å². The predicted molar refractivity (Wildman–Crippen MR) is 220 cm³/mol. The van der Waals surface area contributed by atoms with Crippen molar-refractivity contribution < 1.29 is 185 Å². The molecule has 23 nitrogen and oxygen atoms in total. The summed E-state index contributed by atoms with van der Waals surface area (Å²) in [5.41, 5.74) is -0.823. The number of rotatable bonds is 14. The van der Waals surface area contributed by atoms with Crippen molar-refractivity contribution >= 4 is 98.1 Å². The van der Waals surface area contributed by atoms with Crippen LogP contribution in [-0.4, -0.2) is 66.5 Å². The van der Waals surface area contributed by atoms with Gasteiger partial charge < -0.3 is 33.8 Å². The van der Waals surface area contributed by atoms with Crippen LogP contribution in [0, 0.1) is 15.6 Å². The summed E-state index contributed by atoms with van der Waals surface area (Å²) in [7, 11) is -19.9. The van der Waals surface area contributed by atoms with Gasteiger partial charge in [-0.15, -0.1) is 0 Å². The van der Waals surface area contributed by atoms with E-state index in [4.69, 9.17) is 0 Å². The second-order valence-electron chi connectivity index (χ2n) is 12.9.